The molecule has 1 atom stereocenters. The van der Waals surface area contributed by atoms with Crippen molar-refractivity contribution >= 4 is 5.97 Å². The lowest BCUT2D eigenvalue weighted by atomic mass is 10.0. The molecule has 0 aliphatic rings. The van der Waals surface area contributed by atoms with Gasteiger partial charge in [-0.1, -0.05) is 6.07 Å². The minimum atomic E-state index is -0.891. The molecule has 15 heavy (non-hydrogen) atoms. The number of aromatic nitrogens is 1. The quantitative estimate of drug-likeness (QED) is 0.792. The third kappa shape index (κ3) is 3.67. The van der Waals surface area contributed by atoms with E-state index in [1.165, 1.54) is 0 Å². The Balaban J connectivity index is 2.90. The van der Waals surface area contributed by atoms with Crippen molar-refractivity contribution in [3.8, 4) is 0 Å². The second-order valence-corrected chi connectivity index (χ2v) is 4.45. The number of hydrogen-bond donors (Lipinski definition) is 2. The van der Waals surface area contributed by atoms with Crippen molar-refractivity contribution in [1.82, 2.24) is 10.3 Å². The molecule has 0 aliphatic heterocycles. The van der Waals surface area contributed by atoms with Crippen LogP contribution < -0.4 is 5.32 Å². The van der Waals surface area contributed by atoms with E-state index in [0.717, 1.165) is 0 Å². The molecule has 0 bridgehead atoms. The van der Waals surface area contributed by atoms with E-state index in [9.17, 15) is 4.79 Å². The van der Waals surface area contributed by atoms with Gasteiger partial charge in [0.2, 0.25) is 0 Å². The fourth-order valence-corrected chi connectivity index (χ4v) is 1.27. The molecule has 82 valence electrons. The summed E-state index contributed by atoms with van der Waals surface area (Å²) in [6.45, 7) is 5.79. The van der Waals surface area contributed by atoms with Crippen LogP contribution in [0.25, 0.3) is 0 Å². The van der Waals surface area contributed by atoms with Gasteiger partial charge in [-0.3, -0.25) is 15.1 Å². The lowest BCUT2D eigenvalue weighted by Crippen LogP contribution is -2.42. The highest BCUT2D eigenvalue weighted by Gasteiger charge is 2.24. The minimum absolute atomic E-state index is 0.251. The van der Waals surface area contributed by atoms with Crippen molar-refractivity contribution in [2.75, 3.05) is 0 Å². The number of carboxylic acid groups (broad SMARTS) is 1. The number of hydrogen-bond acceptors (Lipinski definition) is 3. The fourth-order valence-electron chi connectivity index (χ4n) is 1.27. The number of carbonyl (C=O) groups is 1. The van der Waals surface area contributed by atoms with E-state index in [1.807, 2.05) is 20.8 Å². The molecule has 0 spiro atoms. The first-order valence-electron chi connectivity index (χ1n) is 4.80. The van der Waals surface area contributed by atoms with E-state index >= 15 is 0 Å². The van der Waals surface area contributed by atoms with Crippen molar-refractivity contribution in [2.24, 2.45) is 0 Å². The minimum Gasteiger partial charge on any atom is -0.480 e. The van der Waals surface area contributed by atoms with Gasteiger partial charge in [0.25, 0.3) is 0 Å². The summed E-state index contributed by atoms with van der Waals surface area (Å²) in [7, 11) is 0. The van der Waals surface area contributed by atoms with Gasteiger partial charge in [0, 0.05) is 17.9 Å². The van der Waals surface area contributed by atoms with Crippen molar-refractivity contribution in [1.29, 1.82) is 0 Å². The normalized spacial score (nSPS) is 13.5. The van der Waals surface area contributed by atoms with Gasteiger partial charge in [-0.15, -0.1) is 0 Å². The molecular formula is C11H16N2O2. The van der Waals surface area contributed by atoms with Crippen molar-refractivity contribution in [3.63, 3.8) is 0 Å². The average molecular weight is 208 g/mol. The second kappa shape index (κ2) is 4.40. The summed E-state index contributed by atoms with van der Waals surface area (Å²) in [5.41, 5.74) is 0.416. The van der Waals surface area contributed by atoms with Crippen LogP contribution in [-0.4, -0.2) is 21.6 Å². The van der Waals surface area contributed by atoms with Crippen LogP contribution >= 0.6 is 0 Å². The van der Waals surface area contributed by atoms with E-state index in [0.29, 0.717) is 5.56 Å². The van der Waals surface area contributed by atoms with Crippen LogP contribution in [0.5, 0.6) is 0 Å². The Hall–Kier alpha value is -1.42. The van der Waals surface area contributed by atoms with Crippen LogP contribution in [0.3, 0.4) is 0 Å². The van der Waals surface area contributed by atoms with Crippen LogP contribution in [0.1, 0.15) is 32.4 Å². The molecule has 1 heterocycles. The number of aliphatic carboxylic acids is 1. The number of pyridine rings is 1. The molecule has 1 aromatic rings. The maximum absolute atomic E-state index is 11.1. The molecule has 0 aromatic carbocycles. The van der Waals surface area contributed by atoms with Crippen LogP contribution in [-0.2, 0) is 4.79 Å². The lowest BCUT2D eigenvalue weighted by Gasteiger charge is -2.25. The summed E-state index contributed by atoms with van der Waals surface area (Å²) < 4.78 is 0. The first-order chi connectivity index (χ1) is 6.90. The summed E-state index contributed by atoms with van der Waals surface area (Å²) in [6.07, 6.45) is 3.19. The van der Waals surface area contributed by atoms with Crippen molar-refractivity contribution in [2.45, 2.75) is 32.4 Å². The largest absolute Gasteiger partial charge is 0.480 e. The number of rotatable bonds is 3. The Morgan fingerprint density at radius 1 is 1.53 bits per heavy atom. The molecule has 0 amide bonds. The highest BCUT2D eigenvalue weighted by molar-refractivity contribution is 5.75. The molecule has 1 rings (SSSR count). The maximum Gasteiger partial charge on any atom is 0.325 e. The fraction of sp³-hybridized carbons (Fsp3) is 0.455. The summed E-state index contributed by atoms with van der Waals surface area (Å²) in [6, 6.07) is 2.78. The van der Waals surface area contributed by atoms with Gasteiger partial charge in [-0.2, -0.15) is 0 Å². The standard InChI is InChI=1S/C11H16N2O2/c1-11(2,3)13-9(10(14)15)8-5-4-6-12-7-8/h4-7,9,13H,1-3H3,(H,14,15). The molecule has 1 unspecified atom stereocenters. The molecule has 0 fully saturated rings. The Bertz CT molecular complexity index is 330. The smallest absolute Gasteiger partial charge is 0.325 e. The number of nitrogens with zero attached hydrogens (tertiary/aromatic N) is 1. The Morgan fingerprint density at radius 3 is 2.60 bits per heavy atom. The number of carboxylic acids is 1. The van der Waals surface area contributed by atoms with Gasteiger partial charge in [0.05, 0.1) is 0 Å². The molecule has 1 aromatic heterocycles. The van der Waals surface area contributed by atoms with E-state index in [4.69, 9.17) is 5.11 Å². The first kappa shape index (κ1) is 11.7. The van der Waals surface area contributed by atoms with Crippen molar-refractivity contribution in [3.05, 3.63) is 30.1 Å². The molecular weight excluding hydrogens is 192 g/mol. The van der Waals surface area contributed by atoms with Crippen molar-refractivity contribution < 1.29 is 9.90 Å². The summed E-state index contributed by atoms with van der Waals surface area (Å²) in [5.74, 6) is -0.891. The van der Waals surface area contributed by atoms with Crippen LogP contribution in [0, 0.1) is 0 Å². The van der Waals surface area contributed by atoms with E-state index in [2.05, 4.69) is 10.3 Å². The Kier molecular flexibility index (Phi) is 3.42. The Labute approximate surface area is 89.3 Å². The maximum atomic E-state index is 11.1. The topological polar surface area (TPSA) is 62.2 Å². The number of nitrogens with one attached hydrogen (secondary N) is 1. The third-order valence-electron chi connectivity index (χ3n) is 1.84. The van der Waals surface area contributed by atoms with Crippen LogP contribution in [0.4, 0.5) is 0 Å². The predicted molar refractivity (Wildman–Crippen MR) is 57.5 cm³/mol. The average Bonchev–Trinajstić information content (AvgIpc) is 2.14. The predicted octanol–water partition coefficient (Wildman–Crippen LogP) is 1.60. The molecule has 2 N–H and O–H groups in total. The molecule has 0 aliphatic carbocycles. The third-order valence-corrected chi connectivity index (χ3v) is 1.84. The first-order valence-corrected chi connectivity index (χ1v) is 4.80. The highest BCUT2D eigenvalue weighted by atomic mass is 16.4. The summed E-state index contributed by atoms with van der Waals surface area (Å²) >= 11 is 0. The molecule has 0 radical (unpaired) electrons. The zero-order valence-electron chi connectivity index (χ0n) is 9.19. The zero-order valence-corrected chi connectivity index (χ0v) is 9.19. The molecule has 0 saturated carbocycles. The van der Waals surface area contributed by atoms with E-state index in [1.54, 1.807) is 24.5 Å². The van der Waals surface area contributed by atoms with E-state index < -0.39 is 12.0 Å². The second-order valence-electron chi connectivity index (χ2n) is 4.45. The zero-order chi connectivity index (χ0) is 11.5. The van der Waals surface area contributed by atoms with Crippen LogP contribution in [0.2, 0.25) is 0 Å². The Morgan fingerprint density at radius 2 is 2.20 bits per heavy atom. The van der Waals surface area contributed by atoms with Gasteiger partial charge in [0.1, 0.15) is 6.04 Å². The lowest BCUT2D eigenvalue weighted by molar-refractivity contribution is -0.140. The summed E-state index contributed by atoms with van der Waals surface area (Å²) in [5, 5.41) is 12.1. The monoisotopic (exact) mass is 208 g/mol. The van der Waals surface area contributed by atoms with E-state index in [-0.39, 0.29) is 5.54 Å². The molecule has 4 nitrogen and oxygen atoms in total. The van der Waals surface area contributed by atoms with Gasteiger partial charge >= 0.3 is 5.97 Å². The summed E-state index contributed by atoms with van der Waals surface area (Å²) in [4.78, 5) is 15.0. The van der Waals surface area contributed by atoms with Crippen LogP contribution in [0.15, 0.2) is 24.5 Å². The van der Waals surface area contributed by atoms with Gasteiger partial charge in [-0.25, -0.2) is 0 Å². The van der Waals surface area contributed by atoms with Gasteiger partial charge < -0.3 is 5.11 Å². The SMILES string of the molecule is CC(C)(C)NC(C(=O)O)c1cccnc1. The van der Waals surface area contributed by atoms with Gasteiger partial charge in [0.15, 0.2) is 0 Å². The highest BCUT2D eigenvalue weighted by Crippen LogP contribution is 2.15. The van der Waals surface area contributed by atoms with Gasteiger partial charge in [-0.05, 0) is 32.4 Å². The molecule has 0 saturated heterocycles. The molecule has 4 heteroatoms.